The summed E-state index contributed by atoms with van der Waals surface area (Å²) in [4.78, 5) is 22.1. The molecule has 0 spiro atoms. The molecule has 3 rings (SSSR count). The van der Waals surface area contributed by atoms with Gasteiger partial charge in [0.15, 0.2) is 0 Å². The van der Waals surface area contributed by atoms with Crippen LogP contribution in [0.15, 0.2) is 24.5 Å². The number of nitrogens with zero attached hydrogens (tertiary/aromatic N) is 3. The van der Waals surface area contributed by atoms with Crippen LogP contribution in [0.2, 0.25) is 5.02 Å². The van der Waals surface area contributed by atoms with Crippen LogP contribution in [0.5, 0.6) is 0 Å². The van der Waals surface area contributed by atoms with Gasteiger partial charge < -0.3 is 10.6 Å². The van der Waals surface area contributed by atoms with Gasteiger partial charge in [-0.15, -0.1) is 0 Å². The molecule has 1 aromatic heterocycles. The molecule has 0 fully saturated rings. The molecule has 2 aromatic rings. The highest BCUT2D eigenvalue weighted by Gasteiger charge is 2.25. The normalized spacial score (nSPS) is 13.9. The second-order valence-electron chi connectivity index (χ2n) is 4.79. The highest BCUT2D eigenvalue weighted by Crippen LogP contribution is 2.24. The smallest absolute Gasteiger partial charge is 0.255 e. The molecule has 1 amide bonds. The largest absolute Gasteiger partial charge is 0.383 e. The van der Waals surface area contributed by atoms with Gasteiger partial charge in [-0.05, 0) is 24.6 Å². The summed E-state index contributed by atoms with van der Waals surface area (Å²) in [5, 5.41) is 0.231. The van der Waals surface area contributed by atoms with Gasteiger partial charge in [0.2, 0.25) is 0 Å². The van der Waals surface area contributed by atoms with Crippen LogP contribution in [-0.4, -0.2) is 27.3 Å². The van der Waals surface area contributed by atoms with Crippen molar-refractivity contribution in [3.05, 3.63) is 52.2 Å². The highest BCUT2D eigenvalue weighted by molar-refractivity contribution is 6.33. The number of benzene rings is 1. The Morgan fingerprint density at radius 2 is 2.19 bits per heavy atom. The van der Waals surface area contributed by atoms with Crippen LogP contribution in [0.1, 0.15) is 21.6 Å². The summed E-state index contributed by atoms with van der Waals surface area (Å²) < 4.78 is 13.3. The lowest BCUT2D eigenvalue weighted by Gasteiger charge is -2.28. The van der Waals surface area contributed by atoms with Crippen molar-refractivity contribution in [2.45, 2.75) is 13.0 Å². The SMILES string of the molecule is Nc1ncnc2c1CCN(C(=O)c1cc(F)ccc1Cl)C2. The highest BCUT2D eigenvalue weighted by atomic mass is 35.5. The zero-order valence-corrected chi connectivity index (χ0v) is 11.8. The monoisotopic (exact) mass is 306 g/mol. The molecule has 0 bridgehead atoms. The summed E-state index contributed by atoms with van der Waals surface area (Å²) in [5.41, 5.74) is 7.53. The Hall–Kier alpha value is -2.21. The van der Waals surface area contributed by atoms with E-state index in [1.807, 2.05) is 0 Å². The number of halogens is 2. The Kier molecular flexibility index (Phi) is 3.47. The van der Waals surface area contributed by atoms with Crippen LogP contribution < -0.4 is 5.73 Å². The molecule has 0 saturated heterocycles. The summed E-state index contributed by atoms with van der Waals surface area (Å²) in [6, 6.07) is 3.75. The number of rotatable bonds is 1. The van der Waals surface area contributed by atoms with Crippen LogP contribution in [0.4, 0.5) is 10.2 Å². The van der Waals surface area contributed by atoms with E-state index >= 15 is 0 Å². The first kappa shape index (κ1) is 13.8. The van der Waals surface area contributed by atoms with E-state index in [4.69, 9.17) is 17.3 Å². The van der Waals surface area contributed by atoms with Gasteiger partial charge in [0.1, 0.15) is 18.0 Å². The van der Waals surface area contributed by atoms with Gasteiger partial charge in [-0.3, -0.25) is 4.79 Å². The van der Waals surface area contributed by atoms with Crippen molar-refractivity contribution >= 4 is 23.3 Å². The van der Waals surface area contributed by atoms with E-state index in [0.717, 1.165) is 17.3 Å². The second-order valence-corrected chi connectivity index (χ2v) is 5.19. The molecule has 5 nitrogen and oxygen atoms in total. The number of carbonyl (C=O) groups is 1. The molecule has 1 aromatic carbocycles. The summed E-state index contributed by atoms with van der Waals surface area (Å²) in [7, 11) is 0. The molecule has 1 aliphatic rings. The molecular formula is C14H12ClFN4O. The number of carbonyl (C=O) groups excluding carboxylic acids is 1. The molecule has 21 heavy (non-hydrogen) atoms. The van der Waals surface area contributed by atoms with E-state index in [-0.39, 0.29) is 16.5 Å². The third-order valence-corrected chi connectivity index (χ3v) is 3.82. The maximum Gasteiger partial charge on any atom is 0.255 e. The van der Waals surface area contributed by atoms with Crippen LogP contribution in [0.25, 0.3) is 0 Å². The number of aromatic nitrogens is 2. The predicted octanol–water partition coefficient (Wildman–Crippen LogP) is 2.05. The Bertz CT molecular complexity index is 722. The third kappa shape index (κ3) is 2.54. The van der Waals surface area contributed by atoms with Crippen molar-refractivity contribution in [2.75, 3.05) is 12.3 Å². The van der Waals surface area contributed by atoms with E-state index in [0.29, 0.717) is 25.3 Å². The Labute approximate surface area is 125 Å². The van der Waals surface area contributed by atoms with Crippen molar-refractivity contribution in [3.63, 3.8) is 0 Å². The lowest BCUT2D eigenvalue weighted by molar-refractivity contribution is 0.0731. The van der Waals surface area contributed by atoms with Crippen molar-refractivity contribution in [1.82, 2.24) is 14.9 Å². The van der Waals surface area contributed by atoms with E-state index in [1.165, 1.54) is 18.5 Å². The number of hydrogen-bond donors (Lipinski definition) is 1. The van der Waals surface area contributed by atoms with Gasteiger partial charge in [-0.25, -0.2) is 14.4 Å². The fourth-order valence-electron chi connectivity index (χ4n) is 2.38. The third-order valence-electron chi connectivity index (χ3n) is 3.49. The summed E-state index contributed by atoms with van der Waals surface area (Å²) in [6.07, 6.45) is 1.94. The second kappa shape index (κ2) is 5.29. The van der Waals surface area contributed by atoms with E-state index in [1.54, 1.807) is 4.90 Å². The molecule has 2 N–H and O–H groups in total. The van der Waals surface area contributed by atoms with Crippen molar-refractivity contribution in [2.24, 2.45) is 0 Å². The zero-order chi connectivity index (χ0) is 15.0. The van der Waals surface area contributed by atoms with Crippen LogP contribution in [0, 0.1) is 5.82 Å². The van der Waals surface area contributed by atoms with Gasteiger partial charge in [0, 0.05) is 12.1 Å². The fourth-order valence-corrected chi connectivity index (χ4v) is 2.58. The van der Waals surface area contributed by atoms with Gasteiger partial charge in [-0.2, -0.15) is 0 Å². The average molecular weight is 307 g/mol. The van der Waals surface area contributed by atoms with Crippen molar-refractivity contribution < 1.29 is 9.18 Å². The Morgan fingerprint density at radius 1 is 1.38 bits per heavy atom. The molecule has 1 aliphatic heterocycles. The lowest BCUT2D eigenvalue weighted by Crippen LogP contribution is -2.37. The minimum Gasteiger partial charge on any atom is -0.383 e. The van der Waals surface area contributed by atoms with Crippen LogP contribution >= 0.6 is 11.6 Å². The molecule has 7 heteroatoms. The van der Waals surface area contributed by atoms with E-state index in [2.05, 4.69) is 9.97 Å². The molecular weight excluding hydrogens is 295 g/mol. The Morgan fingerprint density at radius 3 is 3.00 bits per heavy atom. The maximum absolute atomic E-state index is 13.3. The number of fused-ring (bicyclic) bond motifs is 1. The molecule has 0 atom stereocenters. The molecule has 108 valence electrons. The standard InChI is InChI=1S/C14H12ClFN4O/c15-11-2-1-8(16)5-10(11)14(21)20-4-3-9-12(6-20)18-7-19-13(9)17/h1-2,5,7H,3-4,6H2,(H2,17,18,19). The van der Waals surface area contributed by atoms with E-state index in [9.17, 15) is 9.18 Å². The molecule has 2 heterocycles. The minimum atomic E-state index is -0.494. The molecule has 0 saturated carbocycles. The predicted molar refractivity (Wildman–Crippen MR) is 76.3 cm³/mol. The van der Waals surface area contributed by atoms with E-state index < -0.39 is 5.82 Å². The summed E-state index contributed by atoms with van der Waals surface area (Å²) in [6.45, 7) is 0.782. The van der Waals surface area contributed by atoms with Crippen LogP contribution in [-0.2, 0) is 13.0 Å². The van der Waals surface area contributed by atoms with Crippen molar-refractivity contribution in [1.29, 1.82) is 0 Å². The number of nitrogen functional groups attached to an aromatic ring is 1. The van der Waals surface area contributed by atoms with Gasteiger partial charge >= 0.3 is 0 Å². The average Bonchev–Trinajstić information content (AvgIpc) is 2.49. The molecule has 0 unspecified atom stereocenters. The fraction of sp³-hybridized carbons (Fsp3) is 0.214. The quantitative estimate of drug-likeness (QED) is 0.875. The van der Waals surface area contributed by atoms with Gasteiger partial charge in [0.25, 0.3) is 5.91 Å². The van der Waals surface area contributed by atoms with Gasteiger partial charge in [-0.1, -0.05) is 11.6 Å². The first-order chi connectivity index (χ1) is 10.1. The van der Waals surface area contributed by atoms with Gasteiger partial charge in [0.05, 0.1) is 22.8 Å². The van der Waals surface area contributed by atoms with Crippen molar-refractivity contribution in [3.8, 4) is 0 Å². The zero-order valence-electron chi connectivity index (χ0n) is 11.0. The number of amides is 1. The maximum atomic E-state index is 13.3. The Balaban J connectivity index is 1.89. The molecule has 0 aliphatic carbocycles. The number of hydrogen-bond acceptors (Lipinski definition) is 4. The number of anilines is 1. The topological polar surface area (TPSA) is 72.1 Å². The first-order valence-corrected chi connectivity index (χ1v) is 6.76. The minimum absolute atomic E-state index is 0.155. The lowest BCUT2D eigenvalue weighted by atomic mass is 10.0. The summed E-state index contributed by atoms with van der Waals surface area (Å²) in [5.74, 6) is -0.370. The summed E-state index contributed by atoms with van der Waals surface area (Å²) >= 11 is 5.98. The number of nitrogens with two attached hydrogens (primary N) is 1. The van der Waals surface area contributed by atoms with Crippen LogP contribution in [0.3, 0.4) is 0 Å². The first-order valence-electron chi connectivity index (χ1n) is 6.39. The molecule has 0 radical (unpaired) electrons.